The van der Waals surface area contributed by atoms with Crippen LogP contribution in [0.4, 0.5) is 0 Å². The van der Waals surface area contributed by atoms with Crippen LogP contribution in [0.2, 0.25) is 15.1 Å². The monoisotopic (exact) mass is 312 g/mol. The minimum Gasteiger partial charge on any atom is -0.489 e. The lowest BCUT2D eigenvalue weighted by Crippen LogP contribution is -2.00. The minimum atomic E-state index is 0.350. The van der Waals surface area contributed by atoms with E-state index in [-0.39, 0.29) is 0 Å². The molecule has 0 aliphatic heterocycles. The summed E-state index contributed by atoms with van der Waals surface area (Å²) in [5.74, 6) is 0.732. The number of ether oxygens (including phenoxy) is 1. The molecule has 0 aliphatic carbocycles. The Morgan fingerprint density at radius 1 is 0.947 bits per heavy atom. The summed E-state index contributed by atoms with van der Waals surface area (Å²) in [7, 11) is 0. The van der Waals surface area contributed by atoms with Crippen molar-refractivity contribution in [1.29, 1.82) is 0 Å². The van der Waals surface area contributed by atoms with Gasteiger partial charge in [-0.15, -0.1) is 0 Å². The summed E-state index contributed by atoms with van der Waals surface area (Å²) in [6, 6.07) is 12.4. The Bertz CT molecular complexity index is 591. The Morgan fingerprint density at radius 2 is 1.58 bits per heavy atom. The molecule has 0 amide bonds. The van der Waals surface area contributed by atoms with Gasteiger partial charge in [-0.3, -0.25) is 0 Å². The van der Waals surface area contributed by atoms with E-state index in [1.165, 1.54) is 0 Å². The first-order valence-electron chi connectivity index (χ1n) is 5.58. The van der Waals surface area contributed by atoms with Crippen LogP contribution in [0, 0.1) is 0 Å². The molecule has 0 N–H and O–H groups in total. The number of hydrogen-bond acceptors (Lipinski definition) is 1. The van der Waals surface area contributed by atoms with Crippen LogP contribution in [0.15, 0.2) is 49.0 Å². The lowest BCUT2D eigenvalue weighted by atomic mass is 10.1. The fraction of sp³-hybridized carbons (Fsp3) is 0.0667. The maximum atomic E-state index is 6.11. The van der Waals surface area contributed by atoms with E-state index in [1.54, 1.807) is 36.4 Å². The van der Waals surface area contributed by atoms with E-state index in [4.69, 9.17) is 39.5 Å². The number of hydrogen-bond donors (Lipinski definition) is 0. The smallest absolute Gasteiger partial charge is 0.119 e. The quantitative estimate of drug-likeness (QED) is 0.699. The van der Waals surface area contributed by atoms with E-state index in [0.717, 1.165) is 16.9 Å². The first kappa shape index (κ1) is 14.3. The maximum Gasteiger partial charge on any atom is 0.119 e. The average Bonchev–Trinajstić information content (AvgIpc) is 2.37. The molecule has 0 saturated carbocycles. The van der Waals surface area contributed by atoms with Gasteiger partial charge in [0.1, 0.15) is 12.4 Å². The number of benzene rings is 2. The van der Waals surface area contributed by atoms with E-state index >= 15 is 0 Å². The van der Waals surface area contributed by atoms with Gasteiger partial charge in [-0.05, 0) is 47.5 Å². The predicted molar refractivity (Wildman–Crippen MR) is 82.4 cm³/mol. The van der Waals surface area contributed by atoms with E-state index in [2.05, 4.69) is 6.58 Å². The molecule has 1 nitrogen and oxygen atoms in total. The molecule has 0 saturated heterocycles. The molecule has 2 aromatic rings. The molecule has 2 rings (SSSR count). The van der Waals surface area contributed by atoms with Crippen molar-refractivity contribution in [3.05, 3.63) is 69.7 Å². The zero-order chi connectivity index (χ0) is 13.8. The molecule has 0 radical (unpaired) electrons. The van der Waals surface area contributed by atoms with Crippen LogP contribution in [0.1, 0.15) is 5.56 Å². The van der Waals surface area contributed by atoms with Crippen molar-refractivity contribution >= 4 is 40.4 Å². The van der Waals surface area contributed by atoms with Crippen LogP contribution in [-0.2, 0) is 0 Å². The van der Waals surface area contributed by atoms with Crippen molar-refractivity contribution in [2.24, 2.45) is 0 Å². The molecule has 0 bridgehead atoms. The summed E-state index contributed by atoms with van der Waals surface area (Å²) in [5, 5.41) is 1.84. The largest absolute Gasteiger partial charge is 0.489 e. The summed E-state index contributed by atoms with van der Waals surface area (Å²) in [5.41, 5.74) is 1.62. The summed E-state index contributed by atoms with van der Waals surface area (Å²) >= 11 is 17.8. The SMILES string of the molecule is C=C(COc1ccc(Cl)cc1)c1ccc(Cl)cc1Cl. The molecule has 2 aromatic carbocycles. The predicted octanol–water partition coefficient (Wildman–Crippen LogP) is 5.74. The van der Waals surface area contributed by atoms with Gasteiger partial charge in [0.05, 0.1) is 0 Å². The van der Waals surface area contributed by atoms with Gasteiger partial charge in [-0.25, -0.2) is 0 Å². The van der Waals surface area contributed by atoms with Crippen molar-refractivity contribution in [2.45, 2.75) is 0 Å². The molecule has 0 atom stereocenters. The number of halogens is 3. The van der Waals surface area contributed by atoms with Crippen LogP contribution in [0.3, 0.4) is 0 Å². The molecule has 0 aromatic heterocycles. The number of rotatable bonds is 4. The van der Waals surface area contributed by atoms with Gasteiger partial charge in [0, 0.05) is 15.1 Å². The summed E-state index contributed by atoms with van der Waals surface area (Å²) in [6.45, 7) is 4.32. The highest BCUT2D eigenvalue weighted by Crippen LogP contribution is 2.27. The third kappa shape index (κ3) is 3.90. The molecule has 4 heteroatoms. The molecule has 0 unspecified atom stereocenters. The first-order valence-corrected chi connectivity index (χ1v) is 6.71. The van der Waals surface area contributed by atoms with Gasteiger partial charge in [0.2, 0.25) is 0 Å². The summed E-state index contributed by atoms with van der Waals surface area (Å²) < 4.78 is 5.61. The van der Waals surface area contributed by atoms with Gasteiger partial charge < -0.3 is 4.74 Å². The molecule has 0 aliphatic rings. The van der Waals surface area contributed by atoms with Crippen LogP contribution >= 0.6 is 34.8 Å². The highest BCUT2D eigenvalue weighted by atomic mass is 35.5. The van der Waals surface area contributed by atoms with E-state index < -0.39 is 0 Å². The normalized spacial score (nSPS) is 10.3. The fourth-order valence-electron chi connectivity index (χ4n) is 1.56. The first-order chi connectivity index (χ1) is 9.06. The van der Waals surface area contributed by atoms with E-state index in [9.17, 15) is 0 Å². The van der Waals surface area contributed by atoms with Gasteiger partial charge in [-0.1, -0.05) is 47.4 Å². The zero-order valence-electron chi connectivity index (χ0n) is 10.00. The summed E-state index contributed by atoms with van der Waals surface area (Å²) in [4.78, 5) is 0. The Morgan fingerprint density at radius 3 is 2.21 bits per heavy atom. The second-order valence-electron chi connectivity index (χ2n) is 3.97. The zero-order valence-corrected chi connectivity index (χ0v) is 12.3. The van der Waals surface area contributed by atoms with Crippen LogP contribution in [0.5, 0.6) is 5.75 Å². The minimum absolute atomic E-state index is 0.350. The van der Waals surface area contributed by atoms with E-state index in [0.29, 0.717) is 21.7 Å². The van der Waals surface area contributed by atoms with E-state index in [1.807, 2.05) is 6.07 Å². The molecular weight excluding hydrogens is 303 g/mol. The Balaban J connectivity index is 2.03. The van der Waals surface area contributed by atoms with Crippen LogP contribution in [0.25, 0.3) is 5.57 Å². The molecular formula is C15H11Cl3O. The highest BCUT2D eigenvalue weighted by molar-refractivity contribution is 6.35. The standard InChI is InChI=1S/C15H11Cl3O/c1-10(14-7-4-12(17)8-15(14)18)9-19-13-5-2-11(16)3-6-13/h2-8H,1,9H2. The Labute approximate surface area is 127 Å². The molecule has 19 heavy (non-hydrogen) atoms. The molecule has 0 spiro atoms. The third-order valence-corrected chi connectivity index (χ3v) is 3.34. The van der Waals surface area contributed by atoms with Crippen molar-refractivity contribution in [1.82, 2.24) is 0 Å². The average molecular weight is 314 g/mol. The van der Waals surface area contributed by atoms with Gasteiger partial charge in [0.15, 0.2) is 0 Å². The Kier molecular flexibility index (Phi) is 4.76. The van der Waals surface area contributed by atoms with Crippen molar-refractivity contribution < 1.29 is 4.74 Å². The third-order valence-electron chi connectivity index (χ3n) is 2.54. The Hall–Kier alpha value is -1.15. The van der Waals surface area contributed by atoms with Crippen molar-refractivity contribution in [3.63, 3.8) is 0 Å². The lowest BCUT2D eigenvalue weighted by molar-refractivity contribution is 0.370. The molecule has 0 heterocycles. The topological polar surface area (TPSA) is 9.23 Å². The van der Waals surface area contributed by atoms with Gasteiger partial charge >= 0.3 is 0 Å². The van der Waals surface area contributed by atoms with Crippen molar-refractivity contribution in [3.8, 4) is 5.75 Å². The lowest BCUT2D eigenvalue weighted by Gasteiger charge is -2.10. The van der Waals surface area contributed by atoms with Gasteiger partial charge in [0.25, 0.3) is 0 Å². The molecule has 0 fully saturated rings. The highest BCUT2D eigenvalue weighted by Gasteiger charge is 2.06. The van der Waals surface area contributed by atoms with Crippen LogP contribution in [-0.4, -0.2) is 6.61 Å². The van der Waals surface area contributed by atoms with Crippen molar-refractivity contribution in [2.75, 3.05) is 6.61 Å². The maximum absolute atomic E-state index is 6.11. The second kappa shape index (κ2) is 6.33. The van der Waals surface area contributed by atoms with Crippen LogP contribution < -0.4 is 4.74 Å². The van der Waals surface area contributed by atoms with Gasteiger partial charge in [-0.2, -0.15) is 0 Å². The fourth-order valence-corrected chi connectivity index (χ4v) is 2.22. The molecule has 98 valence electrons. The summed E-state index contributed by atoms with van der Waals surface area (Å²) in [6.07, 6.45) is 0. The second-order valence-corrected chi connectivity index (χ2v) is 5.25.